The van der Waals surface area contributed by atoms with Crippen molar-refractivity contribution < 1.29 is 19.1 Å². The Bertz CT molecular complexity index is 791. The molecule has 1 aliphatic heterocycles. The molecular weight excluding hydrogens is 356 g/mol. The van der Waals surface area contributed by atoms with Gasteiger partial charge in [-0.2, -0.15) is 0 Å². The highest BCUT2D eigenvalue weighted by atomic mass is 35.5. The van der Waals surface area contributed by atoms with E-state index in [1.165, 1.54) is 6.07 Å². The van der Waals surface area contributed by atoms with Gasteiger partial charge in [-0.15, -0.1) is 0 Å². The lowest BCUT2D eigenvalue weighted by molar-refractivity contribution is 0.0669. The van der Waals surface area contributed by atoms with Crippen LogP contribution in [-0.2, 0) is 4.74 Å². The van der Waals surface area contributed by atoms with Gasteiger partial charge in [0.25, 0.3) is 11.8 Å². The van der Waals surface area contributed by atoms with Gasteiger partial charge in [0.05, 0.1) is 11.7 Å². The molecule has 1 saturated heterocycles. The number of para-hydroxylation sites is 1. The van der Waals surface area contributed by atoms with E-state index in [4.69, 9.17) is 21.1 Å². The minimum atomic E-state index is -0.469. The normalized spacial score (nSPS) is 16.1. The summed E-state index contributed by atoms with van der Waals surface area (Å²) < 4.78 is 11.3. The summed E-state index contributed by atoms with van der Waals surface area (Å²) in [5, 5.41) is 0.442. The number of amides is 2. The molecule has 7 heteroatoms. The van der Waals surface area contributed by atoms with Crippen molar-refractivity contribution >= 4 is 23.4 Å². The standard InChI is InChI=1S/C19H19ClN2O4/c20-14-6-3-5-13(11-14)18(23)21-22-19(24)16-8-1-2-9-17(16)26-12-15-7-4-10-25-15/h1-3,5-6,8-9,11,15H,4,7,10,12H2,(H,21,23)(H,22,24)/t15-/m0/s1. The number of nitrogens with one attached hydrogen (secondary N) is 2. The highest BCUT2D eigenvalue weighted by Gasteiger charge is 2.18. The summed E-state index contributed by atoms with van der Waals surface area (Å²) in [6.07, 6.45) is 2.02. The Balaban J connectivity index is 1.59. The molecule has 0 spiro atoms. The molecule has 0 unspecified atom stereocenters. The van der Waals surface area contributed by atoms with E-state index in [1.54, 1.807) is 42.5 Å². The average molecular weight is 375 g/mol. The number of rotatable bonds is 5. The van der Waals surface area contributed by atoms with Crippen molar-refractivity contribution in [2.24, 2.45) is 0 Å². The lowest BCUT2D eigenvalue weighted by Crippen LogP contribution is -2.41. The maximum absolute atomic E-state index is 12.4. The third-order valence-corrected chi connectivity index (χ3v) is 4.19. The monoisotopic (exact) mass is 374 g/mol. The number of halogens is 1. The zero-order valence-electron chi connectivity index (χ0n) is 14.0. The highest BCUT2D eigenvalue weighted by molar-refractivity contribution is 6.30. The maximum Gasteiger partial charge on any atom is 0.273 e. The van der Waals surface area contributed by atoms with E-state index >= 15 is 0 Å². The summed E-state index contributed by atoms with van der Waals surface area (Å²) in [7, 11) is 0. The van der Waals surface area contributed by atoms with Gasteiger partial charge in [-0.25, -0.2) is 0 Å². The molecule has 0 aromatic heterocycles. The van der Waals surface area contributed by atoms with Crippen LogP contribution in [0.2, 0.25) is 5.02 Å². The Kier molecular flexibility index (Phi) is 6.09. The lowest BCUT2D eigenvalue weighted by atomic mass is 10.2. The van der Waals surface area contributed by atoms with Crippen LogP contribution in [0.4, 0.5) is 0 Å². The SMILES string of the molecule is O=C(NNC(=O)c1ccccc1OC[C@@H]1CCCO1)c1cccc(Cl)c1. The molecule has 0 radical (unpaired) electrons. The molecular formula is C19H19ClN2O4. The van der Waals surface area contributed by atoms with E-state index in [9.17, 15) is 9.59 Å². The molecule has 2 aromatic rings. The van der Waals surface area contributed by atoms with Crippen molar-refractivity contribution in [1.29, 1.82) is 0 Å². The molecule has 1 atom stereocenters. The summed E-state index contributed by atoms with van der Waals surface area (Å²) in [5.41, 5.74) is 5.44. The van der Waals surface area contributed by atoms with Crippen LogP contribution >= 0.6 is 11.6 Å². The molecule has 2 N–H and O–H groups in total. The number of carbonyl (C=O) groups excluding carboxylic acids is 2. The van der Waals surface area contributed by atoms with Crippen molar-refractivity contribution in [3.8, 4) is 5.75 Å². The van der Waals surface area contributed by atoms with Gasteiger partial charge in [-0.05, 0) is 43.2 Å². The van der Waals surface area contributed by atoms with E-state index in [-0.39, 0.29) is 6.10 Å². The van der Waals surface area contributed by atoms with Crippen LogP contribution < -0.4 is 15.6 Å². The molecule has 1 fully saturated rings. The molecule has 6 nitrogen and oxygen atoms in total. The average Bonchev–Trinajstić information content (AvgIpc) is 3.18. The predicted molar refractivity (Wildman–Crippen MR) is 97.3 cm³/mol. The van der Waals surface area contributed by atoms with E-state index in [0.29, 0.717) is 28.5 Å². The first kappa shape index (κ1) is 18.2. The van der Waals surface area contributed by atoms with Crippen LogP contribution in [0.5, 0.6) is 5.75 Å². The number of hydrogen-bond acceptors (Lipinski definition) is 4. The third kappa shape index (κ3) is 4.74. The molecule has 3 rings (SSSR count). The van der Waals surface area contributed by atoms with Crippen LogP contribution in [0.25, 0.3) is 0 Å². The summed E-state index contributed by atoms with van der Waals surface area (Å²) >= 11 is 5.86. The van der Waals surface area contributed by atoms with Crippen molar-refractivity contribution in [2.75, 3.05) is 13.2 Å². The molecule has 1 aliphatic rings. The second-order valence-electron chi connectivity index (χ2n) is 5.86. The number of hydrogen-bond donors (Lipinski definition) is 2. The second kappa shape index (κ2) is 8.69. The first-order valence-corrected chi connectivity index (χ1v) is 8.71. The van der Waals surface area contributed by atoms with Gasteiger partial charge >= 0.3 is 0 Å². The van der Waals surface area contributed by atoms with Gasteiger partial charge in [0, 0.05) is 17.2 Å². The molecule has 0 saturated carbocycles. The van der Waals surface area contributed by atoms with Gasteiger partial charge < -0.3 is 9.47 Å². The summed E-state index contributed by atoms with van der Waals surface area (Å²) in [6, 6.07) is 13.3. The van der Waals surface area contributed by atoms with E-state index < -0.39 is 11.8 Å². The summed E-state index contributed by atoms with van der Waals surface area (Å²) in [6.45, 7) is 1.13. The Labute approximate surface area is 156 Å². The van der Waals surface area contributed by atoms with Crippen LogP contribution in [0, 0.1) is 0 Å². The van der Waals surface area contributed by atoms with Crippen molar-refractivity contribution in [3.05, 3.63) is 64.7 Å². The second-order valence-corrected chi connectivity index (χ2v) is 6.30. The lowest BCUT2D eigenvalue weighted by Gasteiger charge is -2.14. The van der Waals surface area contributed by atoms with Gasteiger partial charge in [0.15, 0.2) is 0 Å². The Hall–Kier alpha value is -2.57. The molecule has 0 bridgehead atoms. The summed E-state index contributed by atoms with van der Waals surface area (Å²) in [5.74, 6) is -0.487. The van der Waals surface area contributed by atoms with Crippen molar-refractivity contribution in [3.63, 3.8) is 0 Å². The number of hydrazine groups is 1. The van der Waals surface area contributed by atoms with E-state index in [1.807, 2.05) is 0 Å². The third-order valence-electron chi connectivity index (χ3n) is 3.96. The Morgan fingerprint density at radius 2 is 1.92 bits per heavy atom. The van der Waals surface area contributed by atoms with Crippen LogP contribution in [0.3, 0.4) is 0 Å². The van der Waals surface area contributed by atoms with Gasteiger partial charge in [-0.3, -0.25) is 20.4 Å². The zero-order chi connectivity index (χ0) is 18.4. The first-order chi connectivity index (χ1) is 12.6. The Morgan fingerprint density at radius 3 is 2.69 bits per heavy atom. The maximum atomic E-state index is 12.4. The molecule has 26 heavy (non-hydrogen) atoms. The molecule has 2 aromatic carbocycles. The molecule has 136 valence electrons. The Morgan fingerprint density at radius 1 is 1.12 bits per heavy atom. The van der Waals surface area contributed by atoms with Gasteiger partial charge in [0.2, 0.25) is 0 Å². The predicted octanol–water partition coefficient (Wildman–Crippen LogP) is 2.97. The molecule has 0 aliphatic carbocycles. The fraction of sp³-hybridized carbons (Fsp3) is 0.263. The van der Waals surface area contributed by atoms with Gasteiger partial charge in [-0.1, -0.05) is 29.8 Å². The largest absolute Gasteiger partial charge is 0.490 e. The van der Waals surface area contributed by atoms with Crippen molar-refractivity contribution in [1.82, 2.24) is 10.9 Å². The number of ether oxygens (including phenoxy) is 2. The minimum absolute atomic E-state index is 0.0497. The van der Waals surface area contributed by atoms with E-state index in [0.717, 1.165) is 19.4 Å². The van der Waals surface area contributed by atoms with Crippen LogP contribution in [0.15, 0.2) is 48.5 Å². The molecule has 2 amide bonds. The van der Waals surface area contributed by atoms with Crippen LogP contribution in [0.1, 0.15) is 33.6 Å². The minimum Gasteiger partial charge on any atom is -0.490 e. The quantitative estimate of drug-likeness (QED) is 0.789. The number of benzene rings is 2. The first-order valence-electron chi connectivity index (χ1n) is 8.33. The van der Waals surface area contributed by atoms with Gasteiger partial charge in [0.1, 0.15) is 12.4 Å². The number of carbonyl (C=O) groups is 2. The fourth-order valence-corrected chi connectivity index (χ4v) is 2.81. The summed E-state index contributed by atoms with van der Waals surface area (Å²) in [4.78, 5) is 24.5. The zero-order valence-corrected chi connectivity index (χ0v) is 14.8. The smallest absolute Gasteiger partial charge is 0.273 e. The highest BCUT2D eigenvalue weighted by Crippen LogP contribution is 2.20. The van der Waals surface area contributed by atoms with Crippen molar-refractivity contribution in [2.45, 2.75) is 18.9 Å². The fourth-order valence-electron chi connectivity index (χ4n) is 2.62. The van der Waals surface area contributed by atoms with Crippen LogP contribution in [-0.4, -0.2) is 31.1 Å². The topological polar surface area (TPSA) is 76.7 Å². The van der Waals surface area contributed by atoms with E-state index in [2.05, 4.69) is 10.9 Å². The molecule has 1 heterocycles.